The fourth-order valence-corrected chi connectivity index (χ4v) is 5.69. The van der Waals surface area contributed by atoms with E-state index >= 15 is 0 Å². The van der Waals surface area contributed by atoms with Crippen molar-refractivity contribution >= 4 is 31.1 Å². The molecule has 1 amide bonds. The zero-order valence-corrected chi connectivity index (χ0v) is 20.4. The van der Waals surface area contributed by atoms with Crippen LogP contribution in [0.4, 0.5) is 0 Å². The monoisotopic (exact) mass is 430 g/mol. The maximum atomic E-state index is 13.6. The average molecular weight is 431 g/mol. The van der Waals surface area contributed by atoms with Crippen LogP contribution in [-0.2, 0) is 32.2 Å². The molecule has 1 aliphatic heterocycles. The van der Waals surface area contributed by atoms with Crippen molar-refractivity contribution < 1.29 is 18.8 Å². The zero-order valence-electron chi connectivity index (χ0n) is 19.4. The zero-order chi connectivity index (χ0) is 22.5. The van der Waals surface area contributed by atoms with Crippen LogP contribution < -0.4 is 0 Å². The Morgan fingerprint density at radius 1 is 1.23 bits per heavy atom. The molecule has 0 saturated carbocycles. The number of carbonyl (C=O) groups is 2. The van der Waals surface area contributed by atoms with Crippen LogP contribution in [0.2, 0.25) is 18.1 Å². The van der Waals surface area contributed by atoms with Gasteiger partial charge in [-0.1, -0.05) is 39.0 Å². The molecule has 2 heterocycles. The van der Waals surface area contributed by atoms with Gasteiger partial charge in [0.15, 0.2) is 8.32 Å². The first kappa shape index (κ1) is 22.6. The van der Waals surface area contributed by atoms with Gasteiger partial charge >= 0.3 is 5.97 Å². The molecule has 30 heavy (non-hydrogen) atoms. The highest BCUT2D eigenvalue weighted by molar-refractivity contribution is 6.74. The number of hydrogen-bond donors (Lipinski definition) is 0. The van der Waals surface area contributed by atoms with E-state index in [0.717, 1.165) is 16.5 Å². The van der Waals surface area contributed by atoms with Crippen LogP contribution in [0, 0.1) is 0 Å². The Morgan fingerprint density at radius 3 is 2.47 bits per heavy atom. The summed E-state index contributed by atoms with van der Waals surface area (Å²) < 4.78 is 13.9. The number of benzene rings is 1. The molecule has 164 valence electrons. The summed E-state index contributed by atoms with van der Waals surface area (Å²) in [4.78, 5) is 27.5. The van der Waals surface area contributed by atoms with Crippen molar-refractivity contribution in [3.8, 4) is 0 Å². The summed E-state index contributed by atoms with van der Waals surface area (Å²) in [6, 6.07) is 7.52. The van der Waals surface area contributed by atoms with Gasteiger partial charge in [-0.15, -0.1) is 0 Å². The van der Waals surface area contributed by atoms with E-state index in [-0.39, 0.29) is 10.9 Å². The van der Waals surface area contributed by atoms with Crippen molar-refractivity contribution in [2.24, 2.45) is 7.05 Å². The third-order valence-corrected chi connectivity index (χ3v) is 11.4. The molecule has 0 bridgehead atoms. The minimum Gasteiger partial charge on any atom is -0.467 e. The lowest BCUT2D eigenvalue weighted by Crippen LogP contribution is -2.54. The molecule has 7 heteroatoms. The lowest BCUT2D eigenvalue weighted by Gasteiger charge is -2.43. The molecule has 1 saturated heterocycles. The summed E-state index contributed by atoms with van der Waals surface area (Å²) >= 11 is 0. The van der Waals surface area contributed by atoms with Crippen LogP contribution in [0.3, 0.4) is 0 Å². The Kier molecular flexibility index (Phi) is 5.67. The molecule has 0 spiro atoms. The van der Waals surface area contributed by atoms with Crippen LogP contribution >= 0.6 is 0 Å². The normalized spacial score (nSPS) is 22.7. The Labute approximate surface area is 180 Å². The van der Waals surface area contributed by atoms with Gasteiger partial charge < -0.3 is 18.6 Å². The predicted octanol–water partition coefficient (Wildman–Crippen LogP) is 3.89. The molecule has 1 fully saturated rings. The van der Waals surface area contributed by atoms with Crippen molar-refractivity contribution in [3.63, 3.8) is 0 Å². The molecule has 0 aliphatic carbocycles. The van der Waals surface area contributed by atoms with E-state index in [2.05, 4.69) is 56.8 Å². The number of likely N-dealkylation sites (tertiary alicyclic amines) is 1. The van der Waals surface area contributed by atoms with Crippen molar-refractivity contribution in [1.82, 2.24) is 9.47 Å². The first-order valence-corrected chi connectivity index (χ1v) is 13.3. The molecule has 0 unspecified atom stereocenters. The van der Waals surface area contributed by atoms with Crippen molar-refractivity contribution in [1.29, 1.82) is 0 Å². The Hall–Kier alpha value is -2.12. The number of fused-ring (bicyclic) bond motifs is 1. The van der Waals surface area contributed by atoms with Gasteiger partial charge in [0.2, 0.25) is 0 Å². The number of nitrogens with zero attached hydrogens (tertiary/aromatic N) is 2. The maximum Gasteiger partial charge on any atom is 0.328 e. The summed E-state index contributed by atoms with van der Waals surface area (Å²) in [6.07, 6.45) is 2.79. The molecule has 1 aromatic carbocycles. The molecular weight excluding hydrogens is 396 g/mol. The summed E-state index contributed by atoms with van der Waals surface area (Å²) in [7, 11) is 2.73. The smallest absolute Gasteiger partial charge is 0.328 e. The third-order valence-electron chi connectivity index (χ3n) is 6.89. The van der Waals surface area contributed by atoms with Gasteiger partial charge in [-0.2, -0.15) is 0 Å². The van der Waals surface area contributed by atoms with Crippen molar-refractivity contribution in [2.75, 3.05) is 14.2 Å². The molecule has 1 aromatic heterocycles. The Balaban J connectivity index is 2.11. The van der Waals surface area contributed by atoms with Gasteiger partial charge in [0.25, 0.3) is 5.91 Å². The minimum atomic E-state index is -2.31. The Morgan fingerprint density at radius 2 is 1.87 bits per heavy atom. The van der Waals surface area contributed by atoms with E-state index in [1.807, 2.05) is 19.2 Å². The fraction of sp³-hybridized carbons (Fsp3) is 0.565. The summed E-state index contributed by atoms with van der Waals surface area (Å²) in [5.41, 5.74) is 1.08. The number of likely N-dealkylation sites (N-methyl/N-ethyl adjacent to an activating group) is 1. The molecule has 1 aliphatic rings. The SMILES string of the molecule is COC(=O)[C@H]1C[C@@](Cc2cn(C)c3ccccc23)(O[Si](C)(C)C(C)(C)C)C(=O)N1C. The lowest BCUT2D eigenvalue weighted by molar-refractivity contribution is -0.149. The van der Waals surface area contributed by atoms with E-state index in [9.17, 15) is 9.59 Å². The van der Waals surface area contributed by atoms with Crippen LogP contribution in [0.15, 0.2) is 30.5 Å². The molecule has 0 N–H and O–H groups in total. The number of ether oxygens (including phenoxy) is 1. The standard InChI is InChI=1S/C23H34N2O4Si/c1-22(2,3)30(7,8)29-23(14-19(20(26)28-6)25(5)21(23)27)13-16-15-24(4)18-12-10-9-11-17(16)18/h9-12,15,19H,13-14H2,1-8H3/t19-,23-/m1/s1. The molecule has 2 atom stereocenters. The van der Waals surface area contributed by atoms with E-state index in [4.69, 9.17) is 9.16 Å². The number of aromatic nitrogens is 1. The molecular formula is C23H34N2O4Si. The second-order valence-electron chi connectivity index (χ2n) is 9.97. The second kappa shape index (κ2) is 7.53. The van der Waals surface area contributed by atoms with Gasteiger partial charge in [-0.05, 0) is 29.8 Å². The van der Waals surface area contributed by atoms with E-state index in [1.165, 1.54) is 12.0 Å². The van der Waals surface area contributed by atoms with Crippen LogP contribution in [-0.4, -0.2) is 55.5 Å². The molecule has 6 nitrogen and oxygen atoms in total. The van der Waals surface area contributed by atoms with Crippen LogP contribution in [0.1, 0.15) is 32.8 Å². The van der Waals surface area contributed by atoms with E-state index in [1.54, 1.807) is 7.05 Å². The highest BCUT2D eigenvalue weighted by Gasteiger charge is 2.57. The van der Waals surface area contributed by atoms with Gasteiger partial charge in [-0.25, -0.2) is 4.79 Å². The van der Waals surface area contributed by atoms with Gasteiger partial charge in [0.05, 0.1) is 7.11 Å². The highest BCUT2D eigenvalue weighted by Crippen LogP contribution is 2.44. The van der Waals surface area contributed by atoms with Gasteiger partial charge in [-0.3, -0.25) is 4.79 Å². The molecule has 0 radical (unpaired) electrons. The largest absolute Gasteiger partial charge is 0.467 e. The number of esters is 1. The highest BCUT2D eigenvalue weighted by atomic mass is 28.4. The second-order valence-corrected chi connectivity index (χ2v) is 14.7. The van der Waals surface area contributed by atoms with Gasteiger partial charge in [0, 0.05) is 44.0 Å². The fourth-order valence-electron chi connectivity index (χ4n) is 4.16. The average Bonchev–Trinajstić information content (AvgIpc) is 3.10. The molecule has 3 rings (SSSR count). The van der Waals surface area contributed by atoms with Crippen molar-refractivity contribution in [3.05, 3.63) is 36.0 Å². The minimum absolute atomic E-state index is 0.0685. The number of methoxy groups -OCH3 is 1. The number of amides is 1. The number of para-hydroxylation sites is 1. The van der Waals surface area contributed by atoms with Crippen LogP contribution in [0.25, 0.3) is 10.9 Å². The molecule has 2 aromatic rings. The number of rotatable bonds is 5. The third kappa shape index (κ3) is 3.69. The van der Waals surface area contributed by atoms with Crippen molar-refractivity contribution in [2.45, 2.75) is 63.4 Å². The lowest BCUT2D eigenvalue weighted by atomic mass is 9.91. The quantitative estimate of drug-likeness (QED) is 0.533. The predicted molar refractivity (Wildman–Crippen MR) is 121 cm³/mol. The van der Waals surface area contributed by atoms with E-state index < -0.39 is 25.9 Å². The number of carbonyl (C=O) groups excluding carboxylic acids is 2. The summed E-state index contributed by atoms with van der Waals surface area (Å²) in [6.45, 7) is 10.8. The first-order chi connectivity index (χ1) is 13.8. The van der Waals surface area contributed by atoms with E-state index in [0.29, 0.717) is 12.8 Å². The number of hydrogen-bond acceptors (Lipinski definition) is 4. The first-order valence-electron chi connectivity index (χ1n) is 10.4. The summed E-state index contributed by atoms with van der Waals surface area (Å²) in [5.74, 6) is -0.542. The Bertz CT molecular complexity index is 975. The van der Waals surface area contributed by atoms with Gasteiger partial charge in [0.1, 0.15) is 11.6 Å². The number of aryl methyl sites for hydroxylation is 1. The topological polar surface area (TPSA) is 60.8 Å². The maximum absolute atomic E-state index is 13.6. The van der Waals surface area contributed by atoms with Crippen LogP contribution in [0.5, 0.6) is 0 Å². The summed E-state index contributed by atoms with van der Waals surface area (Å²) in [5, 5.41) is 1.04.